The van der Waals surface area contributed by atoms with E-state index in [1.807, 2.05) is 0 Å². The zero-order valence-corrected chi connectivity index (χ0v) is 10.1. The minimum Gasteiger partial charge on any atom is -0.344 e. The van der Waals surface area contributed by atoms with Gasteiger partial charge in [-0.2, -0.15) is 0 Å². The van der Waals surface area contributed by atoms with Crippen molar-refractivity contribution in [2.75, 3.05) is 6.54 Å². The monoisotopic (exact) mass is 226 g/mol. The number of carbonyl (C=O) groups excluding carboxylic acids is 2. The van der Waals surface area contributed by atoms with Gasteiger partial charge in [-0.05, 0) is 6.42 Å². The van der Waals surface area contributed by atoms with Crippen molar-refractivity contribution in [2.24, 2.45) is 0 Å². The van der Waals surface area contributed by atoms with Crippen molar-refractivity contribution < 1.29 is 9.59 Å². The first-order valence-corrected chi connectivity index (χ1v) is 5.79. The third-order valence-electron chi connectivity index (χ3n) is 2.64. The number of amides is 2. The predicted octanol–water partition coefficient (Wildman–Crippen LogP) is 2.43. The molecule has 0 radical (unpaired) electrons. The topological polar surface area (TPSA) is 72.4 Å². The smallest absolute Gasteiger partial charge is 0.253 e. The van der Waals surface area contributed by atoms with Crippen LogP contribution in [0.1, 0.15) is 45.4 Å². The molecular weight excluding hydrogens is 204 g/mol. The van der Waals surface area contributed by atoms with E-state index in [1.54, 1.807) is 0 Å². The zero-order chi connectivity index (χ0) is 11.1. The molecule has 1 heterocycles. The van der Waals surface area contributed by atoms with Crippen molar-refractivity contribution in [1.29, 1.82) is 0 Å². The van der Waals surface area contributed by atoms with E-state index in [1.165, 1.54) is 42.7 Å². The van der Waals surface area contributed by atoms with Gasteiger partial charge in [0.2, 0.25) is 0 Å². The standard InChI is InChI=1S/C12H19NO2.H3N/c1-2-3-4-5-6-7-10-13-11(14)8-9-12(13)15;/h8-9H,2-7,10H2,1H3;1H3. The summed E-state index contributed by atoms with van der Waals surface area (Å²) in [6.45, 7) is 2.77. The highest BCUT2D eigenvalue weighted by molar-refractivity contribution is 6.12. The van der Waals surface area contributed by atoms with Crippen LogP contribution in [0.3, 0.4) is 0 Å². The summed E-state index contributed by atoms with van der Waals surface area (Å²) < 4.78 is 0. The second-order valence-corrected chi connectivity index (χ2v) is 3.93. The summed E-state index contributed by atoms with van der Waals surface area (Å²) in [5.74, 6) is -0.317. The van der Waals surface area contributed by atoms with E-state index < -0.39 is 0 Å². The quantitative estimate of drug-likeness (QED) is 0.535. The van der Waals surface area contributed by atoms with Gasteiger partial charge < -0.3 is 6.15 Å². The molecule has 0 bridgehead atoms. The average Bonchev–Trinajstić information content (AvgIpc) is 2.54. The molecule has 0 aromatic rings. The van der Waals surface area contributed by atoms with Crippen LogP contribution in [-0.2, 0) is 9.59 Å². The van der Waals surface area contributed by atoms with Gasteiger partial charge >= 0.3 is 0 Å². The van der Waals surface area contributed by atoms with Gasteiger partial charge in [0.1, 0.15) is 0 Å². The van der Waals surface area contributed by atoms with Gasteiger partial charge in [-0.15, -0.1) is 0 Å². The highest BCUT2D eigenvalue weighted by Crippen LogP contribution is 2.09. The molecule has 3 N–H and O–H groups in total. The lowest BCUT2D eigenvalue weighted by molar-refractivity contribution is -0.136. The Morgan fingerprint density at radius 3 is 2.00 bits per heavy atom. The molecule has 1 aliphatic heterocycles. The molecule has 0 unspecified atom stereocenters. The van der Waals surface area contributed by atoms with Crippen molar-refractivity contribution in [1.82, 2.24) is 11.1 Å². The van der Waals surface area contributed by atoms with Crippen molar-refractivity contribution >= 4 is 11.8 Å². The van der Waals surface area contributed by atoms with Crippen molar-refractivity contribution in [2.45, 2.75) is 45.4 Å². The number of rotatable bonds is 7. The molecule has 16 heavy (non-hydrogen) atoms. The maximum absolute atomic E-state index is 11.2. The molecule has 0 saturated heterocycles. The second kappa shape index (κ2) is 8.05. The molecular formula is C12H22N2O2. The van der Waals surface area contributed by atoms with Crippen LogP contribution >= 0.6 is 0 Å². The highest BCUT2D eigenvalue weighted by Gasteiger charge is 2.21. The SMILES string of the molecule is CCCCCCCCN1C(=O)C=CC1=O.N. The molecule has 1 aliphatic rings. The molecule has 2 amide bonds. The van der Waals surface area contributed by atoms with Crippen LogP contribution < -0.4 is 6.15 Å². The normalized spacial score (nSPS) is 14.4. The molecule has 0 spiro atoms. The van der Waals surface area contributed by atoms with E-state index in [4.69, 9.17) is 0 Å². The Balaban J connectivity index is 0.00000225. The Labute approximate surface area is 97.3 Å². The van der Waals surface area contributed by atoms with Gasteiger partial charge in [0.05, 0.1) is 0 Å². The molecule has 0 aromatic heterocycles. The minimum atomic E-state index is -0.159. The largest absolute Gasteiger partial charge is 0.344 e. The van der Waals surface area contributed by atoms with Gasteiger partial charge in [0.15, 0.2) is 0 Å². The maximum atomic E-state index is 11.2. The number of hydrogen-bond donors (Lipinski definition) is 1. The fraction of sp³-hybridized carbons (Fsp3) is 0.667. The van der Waals surface area contributed by atoms with Gasteiger partial charge in [0, 0.05) is 18.7 Å². The van der Waals surface area contributed by atoms with E-state index in [-0.39, 0.29) is 18.0 Å². The predicted molar refractivity (Wildman–Crippen MR) is 64.3 cm³/mol. The lowest BCUT2D eigenvalue weighted by atomic mass is 10.1. The average molecular weight is 226 g/mol. The lowest BCUT2D eigenvalue weighted by Crippen LogP contribution is -2.30. The first-order valence-electron chi connectivity index (χ1n) is 5.79. The number of unbranched alkanes of at least 4 members (excludes halogenated alkanes) is 5. The Hall–Kier alpha value is -1.16. The minimum absolute atomic E-state index is 0. The van der Waals surface area contributed by atoms with Crippen LogP contribution in [0.15, 0.2) is 12.2 Å². The molecule has 4 heteroatoms. The summed E-state index contributed by atoms with van der Waals surface area (Å²) >= 11 is 0. The lowest BCUT2D eigenvalue weighted by Gasteiger charge is -2.12. The van der Waals surface area contributed by atoms with Crippen LogP contribution in [0.2, 0.25) is 0 Å². The highest BCUT2D eigenvalue weighted by atomic mass is 16.2. The van der Waals surface area contributed by atoms with Crippen LogP contribution in [0.25, 0.3) is 0 Å². The molecule has 0 atom stereocenters. The maximum Gasteiger partial charge on any atom is 0.253 e. The number of imide groups is 1. The third kappa shape index (κ3) is 4.57. The molecule has 0 saturated carbocycles. The molecule has 92 valence electrons. The van der Waals surface area contributed by atoms with Gasteiger partial charge in [-0.3, -0.25) is 14.5 Å². The number of nitrogens with zero attached hydrogens (tertiary/aromatic N) is 1. The summed E-state index contributed by atoms with van der Waals surface area (Å²) in [4.78, 5) is 23.7. The van der Waals surface area contributed by atoms with Crippen LogP contribution in [0.5, 0.6) is 0 Å². The number of hydrogen-bond acceptors (Lipinski definition) is 3. The summed E-state index contributed by atoms with van der Waals surface area (Å²) in [6, 6.07) is 0. The van der Waals surface area contributed by atoms with E-state index in [9.17, 15) is 9.59 Å². The Bertz CT molecular complexity index is 244. The van der Waals surface area contributed by atoms with E-state index in [0.29, 0.717) is 6.54 Å². The third-order valence-corrected chi connectivity index (χ3v) is 2.64. The van der Waals surface area contributed by atoms with Crippen LogP contribution in [0, 0.1) is 0 Å². The molecule has 4 nitrogen and oxygen atoms in total. The number of carbonyl (C=O) groups is 2. The van der Waals surface area contributed by atoms with Gasteiger partial charge in [-0.25, -0.2) is 0 Å². The van der Waals surface area contributed by atoms with Crippen molar-refractivity contribution in [3.63, 3.8) is 0 Å². The molecule has 0 aliphatic carbocycles. The fourth-order valence-corrected chi connectivity index (χ4v) is 1.70. The molecule has 0 fully saturated rings. The van der Waals surface area contributed by atoms with Gasteiger partial charge in [-0.1, -0.05) is 39.0 Å². The first kappa shape index (κ1) is 14.8. The molecule has 0 aromatic carbocycles. The van der Waals surface area contributed by atoms with E-state index >= 15 is 0 Å². The Morgan fingerprint density at radius 1 is 0.938 bits per heavy atom. The van der Waals surface area contributed by atoms with Crippen LogP contribution in [0.4, 0.5) is 0 Å². The van der Waals surface area contributed by atoms with Crippen molar-refractivity contribution in [3.05, 3.63) is 12.2 Å². The zero-order valence-electron chi connectivity index (χ0n) is 10.1. The van der Waals surface area contributed by atoms with Crippen LogP contribution in [-0.4, -0.2) is 23.3 Å². The Morgan fingerprint density at radius 2 is 1.44 bits per heavy atom. The van der Waals surface area contributed by atoms with E-state index in [2.05, 4.69) is 6.92 Å². The summed E-state index contributed by atoms with van der Waals surface area (Å²) in [5, 5.41) is 0. The van der Waals surface area contributed by atoms with Gasteiger partial charge in [0.25, 0.3) is 11.8 Å². The second-order valence-electron chi connectivity index (χ2n) is 3.93. The summed E-state index contributed by atoms with van der Waals surface area (Å²) in [5.41, 5.74) is 0. The molecule has 1 rings (SSSR count). The van der Waals surface area contributed by atoms with Crippen molar-refractivity contribution in [3.8, 4) is 0 Å². The summed E-state index contributed by atoms with van der Waals surface area (Å²) in [7, 11) is 0. The Kier molecular flexibility index (Phi) is 7.46. The summed E-state index contributed by atoms with van der Waals surface area (Å²) in [6.07, 6.45) is 9.73. The first-order chi connectivity index (χ1) is 7.25. The fourth-order valence-electron chi connectivity index (χ4n) is 1.70. The van der Waals surface area contributed by atoms with E-state index in [0.717, 1.165) is 12.8 Å².